The topological polar surface area (TPSA) is 81.8 Å². The zero-order chi connectivity index (χ0) is 16.9. The minimum absolute atomic E-state index is 0.202. The Hall–Kier alpha value is -2.93. The maximum Gasteiger partial charge on any atom is 0.368 e. The van der Waals surface area contributed by atoms with Gasteiger partial charge in [0.05, 0.1) is 5.69 Å². The van der Waals surface area contributed by atoms with Crippen molar-refractivity contribution in [2.45, 2.75) is 13.1 Å². The van der Waals surface area contributed by atoms with Crippen molar-refractivity contribution in [2.24, 2.45) is 0 Å². The molecule has 3 aromatic rings. The number of halogens is 1. The molecule has 0 saturated carbocycles. The number of aromatic nitrogens is 4. The second-order valence-electron chi connectivity index (χ2n) is 5.07. The molecule has 1 amide bonds. The number of rotatable bonds is 5. The van der Waals surface area contributed by atoms with Gasteiger partial charge in [-0.25, -0.2) is 4.79 Å². The molecule has 0 spiro atoms. The Morgan fingerprint density at radius 2 is 1.88 bits per heavy atom. The molecule has 1 N–H and O–H groups in total. The van der Waals surface area contributed by atoms with E-state index in [-0.39, 0.29) is 12.5 Å². The highest BCUT2D eigenvalue weighted by Gasteiger charge is 2.11. The van der Waals surface area contributed by atoms with Crippen molar-refractivity contribution >= 4 is 17.5 Å². The van der Waals surface area contributed by atoms with Crippen molar-refractivity contribution in [3.05, 3.63) is 75.7 Å². The highest BCUT2D eigenvalue weighted by Crippen LogP contribution is 2.10. The zero-order valence-electron chi connectivity index (χ0n) is 12.6. The lowest BCUT2D eigenvalue weighted by Crippen LogP contribution is -2.33. The van der Waals surface area contributed by atoms with Gasteiger partial charge in [-0.15, -0.1) is 0 Å². The Balaban J connectivity index is 1.65. The average molecular weight is 344 g/mol. The maximum atomic E-state index is 12.2. The highest BCUT2D eigenvalue weighted by atomic mass is 35.5. The van der Waals surface area contributed by atoms with Crippen molar-refractivity contribution in [2.75, 3.05) is 0 Å². The van der Waals surface area contributed by atoms with Gasteiger partial charge < -0.3 is 5.32 Å². The molecule has 0 aliphatic carbocycles. The Labute approximate surface area is 142 Å². The number of nitrogens with zero attached hydrogens (tertiary/aromatic N) is 4. The predicted octanol–water partition coefficient (Wildman–Crippen LogP) is 1.40. The molecule has 122 valence electrons. The van der Waals surface area contributed by atoms with E-state index in [1.54, 1.807) is 42.5 Å². The normalized spacial score (nSPS) is 10.5. The predicted molar refractivity (Wildman–Crippen MR) is 88.9 cm³/mol. The largest absolute Gasteiger partial charge is 0.368 e. The number of para-hydroxylation sites is 1. The fourth-order valence-electron chi connectivity index (χ4n) is 2.14. The molecule has 7 nitrogen and oxygen atoms in total. The summed E-state index contributed by atoms with van der Waals surface area (Å²) in [5.41, 5.74) is 0.989. The van der Waals surface area contributed by atoms with E-state index < -0.39 is 5.69 Å². The average Bonchev–Trinajstić information content (AvgIpc) is 2.95. The lowest BCUT2D eigenvalue weighted by Gasteiger charge is -2.05. The van der Waals surface area contributed by atoms with Gasteiger partial charge >= 0.3 is 5.69 Å². The van der Waals surface area contributed by atoms with Crippen molar-refractivity contribution < 1.29 is 4.79 Å². The molecule has 1 heterocycles. The second kappa shape index (κ2) is 7.10. The van der Waals surface area contributed by atoms with E-state index in [2.05, 4.69) is 15.7 Å². The molecular weight excluding hydrogens is 330 g/mol. The zero-order valence-corrected chi connectivity index (χ0v) is 13.3. The van der Waals surface area contributed by atoms with E-state index in [1.165, 1.54) is 0 Å². The van der Waals surface area contributed by atoms with E-state index >= 15 is 0 Å². The summed E-state index contributed by atoms with van der Waals surface area (Å²) in [5.74, 6) is -0.336. The third-order valence-corrected chi connectivity index (χ3v) is 3.55. The first-order chi connectivity index (χ1) is 11.6. The Morgan fingerprint density at radius 3 is 2.62 bits per heavy atom. The van der Waals surface area contributed by atoms with Gasteiger partial charge in [0.1, 0.15) is 6.54 Å². The SMILES string of the molecule is O=C(Cn1nnn(-c2ccccc2)c1=O)NCc1cccc(Cl)c1. The number of hydrogen-bond donors (Lipinski definition) is 1. The molecular formula is C16H14ClN5O2. The monoisotopic (exact) mass is 343 g/mol. The summed E-state index contributed by atoms with van der Waals surface area (Å²) in [4.78, 5) is 24.2. The van der Waals surface area contributed by atoms with Crippen LogP contribution in [-0.4, -0.2) is 25.7 Å². The molecule has 0 aliphatic heterocycles. The third kappa shape index (κ3) is 3.69. The molecule has 24 heavy (non-hydrogen) atoms. The molecule has 0 aliphatic rings. The number of amides is 1. The maximum absolute atomic E-state index is 12.2. The second-order valence-corrected chi connectivity index (χ2v) is 5.51. The molecule has 0 radical (unpaired) electrons. The Bertz CT molecular complexity index is 904. The molecule has 0 atom stereocenters. The van der Waals surface area contributed by atoms with E-state index in [1.807, 2.05) is 12.1 Å². The standard InChI is InChI=1S/C16H14ClN5O2/c17-13-6-4-5-12(9-13)10-18-15(23)11-21-16(24)22(20-19-21)14-7-2-1-3-8-14/h1-9H,10-11H2,(H,18,23). The summed E-state index contributed by atoms with van der Waals surface area (Å²) in [6, 6.07) is 16.1. The van der Waals surface area contributed by atoms with Crippen LogP contribution >= 0.6 is 11.6 Å². The minimum Gasteiger partial charge on any atom is -0.350 e. The summed E-state index contributed by atoms with van der Waals surface area (Å²) in [6.07, 6.45) is 0. The van der Waals surface area contributed by atoms with Crippen LogP contribution in [0.4, 0.5) is 0 Å². The van der Waals surface area contributed by atoms with Crippen LogP contribution in [0.25, 0.3) is 5.69 Å². The first-order valence-electron chi connectivity index (χ1n) is 7.23. The van der Waals surface area contributed by atoms with E-state index in [9.17, 15) is 9.59 Å². The minimum atomic E-state index is -0.473. The Morgan fingerprint density at radius 1 is 1.08 bits per heavy atom. The van der Waals surface area contributed by atoms with Crippen molar-refractivity contribution in [3.8, 4) is 5.69 Å². The number of carbonyl (C=O) groups is 1. The molecule has 1 aromatic heterocycles. The van der Waals surface area contributed by atoms with Crippen LogP contribution in [-0.2, 0) is 17.9 Å². The van der Waals surface area contributed by atoms with Crippen molar-refractivity contribution in [1.82, 2.24) is 25.1 Å². The number of hydrogen-bond acceptors (Lipinski definition) is 4. The van der Waals surface area contributed by atoms with Gasteiger partial charge in [-0.2, -0.15) is 9.36 Å². The lowest BCUT2D eigenvalue weighted by atomic mass is 10.2. The first-order valence-corrected chi connectivity index (χ1v) is 7.60. The molecule has 0 fully saturated rings. The molecule has 0 bridgehead atoms. The van der Waals surface area contributed by atoms with E-state index in [0.29, 0.717) is 17.3 Å². The van der Waals surface area contributed by atoms with Gasteiger partial charge in [0, 0.05) is 11.6 Å². The number of nitrogens with one attached hydrogen (secondary N) is 1. The van der Waals surface area contributed by atoms with E-state index in [4.69, 9.17) is 11.6 Å². The molecule has 8 heteroatoms. The van der Waals surface area contributed by atoms with Crippen LogP contribution in [0, 0.1) is 0 Å². The van der Waals surface area contributed by atoms with Gasteiger partial charge in [0.25, 0.3) is 0 Å². The lowest BCUT2D eigenvalue weighted by molar-refractivity contribution is -0.122. The van der Waals surface area contributed by atoms with Gasteiger partial charge in [0.2, 0.25) is 5.91 Å². The van der Waals surface area contributed by atoms with Gasteiger partial charge in [-0.1, -0.05) is 41.9 Å². The van der Waals surface area contributed by atoms with Gasteiger partial charge in [-0.3, -0.25) is 4.79 Å². The first kappa shape index (κ1) is 15.9. The van der Waals surface area contributed by atoms with Gasteiger partial charge in [-0.05, 0) is 40.3 Å². The van der Waals surface area contributed by atoms with Crippen LogP contribution in [0.15, 0.2) is 59.4 Å². The summed E-state index contributed by atoms with van der Waals surface area (Å²) < 4.78 is 2.16. The Kier molecular flexibility index (Phi) is 4.72. The van der Waals surface area contributed by atoms with E-state index in [0.717, 1.165) is 14.9 Å². The van der Waals surface area contributed by atoms with Crippen LogP contribution in [0.3, 0.4) is 0 Å². The summed E-state index contributed by atoms with van der Waals surface area (Å²) >= 11 is 5.89. The smallest absolute Gasteiger partial charge is 0.350 e. The number of carbonyl (C=O) groups excluding carboxylic acids is 1. The van der Waals surface area contributed by atoms with Crippen molar-refractivity contribution in [1.29, 1.82) is 0 Å². The summed E-state index contributed by atoms with van der Waals surface area (Å²) in [6.45, 7) is 0.118. The van der Waals surface area contributed by atoms with Crippen molar-refractivity contribution in [3.63, 3.8) is 0 Å². The number of tetrazole rings is 1. The van der Waals surface area contributed by atoms with Crippen LogP contribution in [0.2, 0.25) is 5.02 Å². The summed E-state index contributed by atoms with van der Waals surface area (Å²) in [5, 5.41) is 10.8. The van der Waals surface area contributed by atoms with Crippen LogP contribution < -0.4 is 11.0 Å². The number of benzene rings is 2. The van der Waals surface area contributed by atoms with Crippen LogP contribution in [0.1, 0.15) is 5.56 Å². The quantitative estimate of drug-likeness (QED) is 0.759. The molecule has 0 saturated heterocycles. The molecule has 0 unspecified atom stereocenters. The third-order valence-electron chi connectivity index (χ3n) is 3.31. The summed E-state index contributed by atoms with van der Waals surface area (Å²) in [7, 11) is 0. The fraction of sp³-hybridized carbons (Fsp3) is 0.125. The van der Waals surface area contributed by atoms with Gasteiger partial charge in [0.15, 0.2) is 0 Å². The van der Waals surface area contributed by atoms with Crippen LogP contribution in [0.5, 0.6) is 0 Å². The molecule has 2 aromatic carbocycles. The highest BCUT2D eigenvalue weighted by molar-refractivity contribution is 6.30. The molecule has 3 rings (SSSR count). The fourth-order valence-corrected chi connectivity index (χ4v) is 2.36.